The van der Waals surface area contributed by atoms with E-state index in [1.54, 1.807) is 7.11 Å². The quantitative estimate of drug-likeness (QED) is 0.786. The number of halogens is 1. The Morgan fingerprint density at radius 3 is 2.57 bits per heavy atom. The highest BCUT2D eigenvalue weighted by atomic mass is 79.9. The number of benzene rings is 2. The Hall–Kier alpha value is -2.01. The number of nitrogens with two attached hydrogens (primary N) is 1. The summed E-state index contributed by atoms with van der Waals surface area (Å²) in [6.07, 6.45) is 0. The van der Waals surface area contributed by atoms with E-state index in [9.17, 15) is 0 Å². The van der Waals surface area contributed by atoms with E-state index in [-0.39, 0.29) is 0 Å². The highest BCUT2D eigenvalue weighted by molar-refractivity contribution is 9.10. The van der Waals surface area contributed by atoms with Crippen molar-refractivity contribution in [3.05, 3.63) is 52.1 Å². The van der Waals surface area contributed by atoms with Gasteiger partial charge in [0.15, 0.2) is 0 Å². The highest BCUT2D eigenvalue weighted by Gasteiger charge is 2.10. The molecule has 4 nitrogen and oxygen atoms in total. The van der Waals surface area contributed by atoms with Crippen LogP contribution in [0.5, 0.6) is 5.75 Å². The molecular weight excluding hydrogens is 330 g/mol. The Balaban J connectivity index is 1.96. The number of methoxy groups -OCH3 is 1. The van der Waals surface area contributed by atoms with Gasteiger partial charge in [-0.2, -0.15) is 5.10 Å². The minimum atomic E-state index is 0.653. The molecule has 0 saturated heterocycles. The van der Waals surface area contributed by atoms with Crippen molar-refractivity contribution in [1.82, 2.24) is 9.78 Å². The topological polar surface area (TPSA) is 53.1 Å². The number of ether oxygens (including phenoxy) is 1. The maximum Gasteiger partial charge on any atom is 0.136 e. The van der Waals surface area contributed by atoms with Crippen LogP contribution in [0.4, 0.5) is 5.82 Å². The van der Waals surface area contributed by atoms with Crippen LogP contribution in [0.1, 0.15) is 11.3 Å². The Morgan fingerprint density at radius 1 is 1.19 bits per heavy atom. The van der Waals surface area contributed by atoms with E-state index < -0.39 is 0 Å². The van der Waals surface area contributed by atoms with Crippen molar-refractivity contribution in [2.75, 3.05) is 12.8 Å². The minimum absolute atomic E-state index is 0.653. The predicted octanol–water partition coefficient (Wildman–Crippen LogP) is 3.75. The number of fused-ring (bicyclic) bond motifs is 1. The van der Waals surface area contributed by atoms with Gasteiger partial charge in [-0.15, -0.1) is 0 Å². The van der Waals surface area contributed by atoms with Gasteiger partial charge in [-0.1, -0.05) is 18.2 Å². The van der Waals surface area contributed by atoms with Crippen molar-refractivity contribution in [3.8, 4) is 5.75 Å². The van der Waals surface area contributed by atoms with Gasteiger partial charge in [0.1, 0.15) is 11.6 Å². The van der Waals surface area contributed by atoms with E-state index in [1.807, 2.05) is 23.7 Å². The molecule has 0 bridgehead atoms. The molecule has 3 rings (SSSR count). The van der Waals surface area contributed by atoms with E-state index >= 15 is 0 Å². The zero-order valence-corrected chi connectivity index (χ0v) is 13.5. The van der Waals surface area contributed by atoms with Gasteiger partial charge in [0.25, 0.3) is 0 Å². The summed E-state index contributed by atoms with van der Waals surface area (Å²) in [7, 11) is 1.68. The minimum Gasteiger partial charge on any atom is -0.497 e. The zero-order chi connectivity index (χ0) is 15.0. The fraction of sp³-hybridized carbons (Fsp3) is 0.188. The highest BCUT2D eigenvalue weighted by Crippen LogP contribution is 2.25. The van der Waals surface area contributed by atoms with Crippen LogP contribution in [-0.4, -0.2) is 16.9 Å². The van der Waals surface area contributed by atoms with Crippen LogP contribution >= 0.6 is 15.9 Å². The molecule has 0 aliphatic heterocycles. The summed E-state index contributed by atoms with van der Waals surface area (Å²) in [5.41, 5.74) is 8.10. The largest absolute Gasteiger partial charge is 0.497 e. The Kier molecular flexibility index (Phi) is 3.59. The van der Waals surface area contributed by atoms with Crippen LogP contribution in [0.2, 0.25) is 0 Å². The lowest BCUT2D eigenvalue weighted by Crippen LogP contribution is -2.06. The fourth-order valence-electron chi connectivity index (χ4n) is 2.37. The van der Waals surface area contributed by atoms with Crippen molar-refractivity contribution >= 4 is 32.5 Å². The van der Waals surface area contributed by atoms with Gasteiger partial charge in [-0.05, 0) is 57.4 Å². The van der Waals surface area contributed by atoms with E-state index in [1.165, 1.54) is 5.39 Å². The molecule has 108 valence electrons. The maximum absolute atomic E-state index is 6.04. The summed E-state index contributed by atoms with van der Waals surface area (Å²) in [5.74, 6) is 1.52. The lowest BCUT2D eigenvalue weighted by molar-refractivity contribution is 0.415. The maximum atomic E-state index is 6.04. The van der Waals surface area contributed by atoms with Gasteiger partial charge < -0.3 is 10.5 Å². The van der Waals surface area contributed by atoms with Gasteiger partial charge in [0, 0.05) is 0 Å². The molecule has 0 fully saturated rings. The van der Waals surface area contributed by atoms with E-state index in [4.69, 9.17) is 10.5 Å². The molecule has 0 atom stereocenters. The van der Waals surface area contributed by atoms with Crippen molar-refractivity contribution in [2.24, 2.45) is 0 Å². The first kappa shape index (κ1) is 13.9. The molecule has 3 aromatic rings. The number of aromatic nitrogens is 2. The third-order valence-electron chi connectivity index (χ3n) is 3.54. The smallest absolute Gasteiger partial charge is 0.136 e. The summed E-state index contributed by atoms with van der Waals surface area (Å²) >= 11 is 3.45. The van der Waals surface area contributed by atoms with Crippen molar-refractivity contribution in [2.45, 2.75) is 13.5 Å². The number of anilines is 1. The standard InChI is InChI=1S/C16H16BrN3O/c1-10-15(17)16(18)20(19-10)9-11-3-4-13-8-14(21-2)6-5-12(13)7-11/h3-8H,9,18H2,1-2H3. The molecule has 0 unspecified atom stereocenters. The molecule has 2 aromatic carbocycles. The first-order chi connectivity index (χ1) is 10.1. The molecule has 1 aromatic heterocycles. The third kappa shape index (κ3) is 2.61. The number of aryl methyl sites for hydroxylation is 1. The van der Waals surface area contributed by atoms with E-state index in [2.05, 4.69) is 45.3 Å². The van der Waals surface area contributed by atoms with Crippen LogP contribution in [0.15, 0.2) is 40.9 Å². The molecule has 21 heavy (non-hydrogen) atoms. The number of hydrogen-bond donors (Lipinski definition) is 1. The average Bonchev–Trinajstić information content (AvgIpc) is 2.74. The summed E-state index contributed by atoms with van der Waals surface area (Å²) in [6.45, 7) is 2.59. The van der Waals surface area contributed by atoms with E-state index in [0.29, 0.717) is 12.4 Å². The first-order valence-electron chi connectivity index (χ1n) is 6.63. The lowest BCUT2D eigenvalue weighted by Gasteiger charge is -2.07. The predicted molar refractivity (Wildman–Crippen MR) is 88.7 cm³/mol. The number of nitrogen functional groups attached to an aromatic ring is 1. The molecule has 0 spiro atoms. The average molecular weight is 346 g/mol. The van der Waals surface area contributed by atoms with Crippen molar-refractivity contribution < 1.29 is 4.74 Å². The van der Waals surface area contributed by atoms with Crippen LogP contribution in [0.3, 0.4) is 0 Å². The fourth-order valence-corrected chi connectivity index (χ4v) is 2.65. The van der Waals surface area contributed by atoms with Gasteiger partial charge >= 0.3 is 0 Å². The summed E-state index contributed by atoms with van der Waals surface area (Å²) < 4.78 is 7.92. The number of nitrogens with zero attached hydrogens (tertiary/aromatic N) is 2. The van der Waals surface area contributed by atoms with Gasteiger partial charge in [0.2, 0.25) is 0 Å². The molecule has 0 amide bonds. The third-order valence-corrected chi connectivity index (χ3v) is 4.52. The molecular formula is C16H16BrN3O. The van der Waals surface area contributed by atoms with Crippen LogP contribution in [0, 0.1) is 6.92 Å². The first-order valence-corrected chi connectivity index (χ1v) is 7.43. The van der Waals surface area contributed by atoms with Gasteiger partial charge in [0.05, 0.1) is 23.8 Å². The molecule has 0 saturated carbocycles. The zero-order valence-electron chi connectivity index (χ0n) is 11.9. The van der Waals surface area contributed by atoms with Crippen LogP contribution < -0.4 is 10.5 Å². The second kappa shape index (κ2) is 5.41. The second-order valence-corrected chi connectivity index (χ2v) is 5.78. The Morgan fingerprint density at radius 2 is 1.90 bits per heavy atom. The number of hydrogen-bond acceptors (Lipinski definition) is 3. The van der Waals surface area contributed by atoms with Crippen molar-refractivity contribution in [1.29, 1.82) is 0 Å². The molecule has 5 heteroatoms. The molecule has 0 radical (unpaired) electrons. The lowest BCUT2D eigenvalue weighted by atomic mass is 10.1. The van der Waals surface area contributed by atoms with Crippen molar-refractivity contribution in [3.63, 3.8) is 0 Å². The monoisotopic (exact) mass is 345 g/mol. The Labute approximate surface area is 131 Å². The molecule has 2 N–H and O–H groups in total. The van der Waals surface area contributed by atoms with Crippen LogP contribution in [-0.2, 0) is 6.54 Å². The van der Waals surface area contributed by atoms with Gasteiger partial charge in [-0.25, -0.2) is 4.68 Å². The number of rotatable bonds is 3. The molecule has 0 aliphatic carbocycles. The van der Waals surface area contributed by atoms with Gasteiger partial charge in [-0.3, -0.25) is 0 Å². The molecule has 1 heterocycles. The summed E-state index contributed by atoms with van der Waals surface area (Å²) in [6, 6.07) is 12.4. The van der Waals surface area contributed by atoms with E-state index in [0.717, 1.165) is 26.9 Å². The molecule has 0 aliphatic rings. The summed E-state index contributed by atoms with van der Waals surface area (Å²) in [5, 5.41) is 6.77. The normalized spacial score (nSPS) is 11.0. The Bertz CT molecular complexity index is 811. The SMILES string of the molecule is COc1ccc2cc(Cn3nc(C)c(Br)c3N)ccc2c1. The summed E-state index contributed by atoms with van der Waals surface area (Å²) in [4.78, 5) is 0. The second-order valence-electron chi connectivity index (χ2n) is 4.99. The van der Waals surface area contributed by atoms with Crippen LogP contribution in [0.25, 0.3) is 10.8 Å².